The highest BCUT2D eigenvalue weighted by Gasteiger charge is 2.11. The van der Waals surface area contributed by atoms with E-state index in [1.807, 2.05) is 0 Å². The van der Waals surface area contributed by atoms with Gasteiger partial charge in [-0.3, -0.25) is 9.59 Å². The fraction of sp³-hybridized carbons (Fsp3) is 0.154. The number of ketones is 1. The van der Waals surface area contributed by atoms with Crippen molar-refractivity contribution < 1.29 is 9.53 Å². The number of hydrogen-bond acceptors (Lipinski definition) is 4. The maximum atomic E-state index is 12.1. The molecule has 0 spiro atoms. The van der Waals surface area contributed by atoms with Crippen LogP contribution in [0.2, 0.25) is 10.0 Å². The molecule has 2 rings (SSSR count). The lowest BCUT2D eigenvalue weighted by atomic mass is 10.1. The molecular weight excluding hydrogens is 303 g/mol. The van der Waals surface area contributed by atoms with Gasteiger partial charge in [-0.2, -0.15) is 0 Å². The second-order valence-corrected chi connectivity index (χ2v) is 4.74. The zero-order chi connectivity index (χ0) is 14.7. The number of methoxy groups -OCH3 is 1. The highest BCUT2D eigenvalue weighted by atomic mass is 35.5. The number of rotatable bonds is 4. The van der Waals surface area contributed by atoms with Crippen LogP contribution in [-0.2, 0) is 6.54 Å². The number of Topliss-reactive ketones (excluding diaryl/α,β-unsaturated/α-hetero) is 1. The van der Waals surface area contributed by atoms with Crippen molar-refractivity contribution >= 4 is 29.0 Å². The van der Waals surface area contributed by atoms with E-state index in [4.69, 9.17) is 27.9 Å². The Morgan fingerprint density at radius 1 is 1.25 bits per heavy atom. The van der Waals surface area contributed by atoms with Gasteiger partial charge in [-0.15, -0.1) is 5.10 Å². The topological polar surface area (TPSA) is 61.2 Å². The molecule has 0 aliphatic rings. The third-order valence-electron chi connectivity index (χ3n) is 2.59. The molecule has 0 amide bonds. The highest BCUT2D eigenvalue weighted by molar-refractivity contribution is 6.42. The summed E-state index contributed by atoms with van der Waals surface area (Å²) >= 11 is 11.6. The molecule has 1 aromatic heterocycles. The van der Waals surface area contributed by atoms with Crippen LogP contribution in [0.5, 0.6) is 5.88 Å². The minimum atomic E-state index is -0.390. The number of nitrogens with zero attached hydrogens (tertiary/aromatic N) is 2. The number of aromatic nitrogens is 2. The fourth-order valence-electron chi connectivity index (χ4n) is 1.55. The molecule has 0 aliphatic heterocycles. The maximum absolute atomic E-state index is 12.1. The Morgan fingerprint density at radius 3 is 2.65 bits per heavy atom. The number of carbonyl (C=O) groups is 1. The number of ether oxygens (including phenoxy) is 1. The van der Waals surface area contributed by atoms with E-state index in [2.05, 4.69) is 5.10 Å². The number of hydrogen-bond donors (Lipinski definition) is 0. The minimum absolute atomic E-state index is 0.200. The normalized spacial score (nSPS) is 10.3. The van der Waals surface area contributed by atoms with Gasteiger partial charge in [-0.05, 0) is 18.2 Å². The van der Waals surface area contributed by atoms with Crippen molar-refractivity contribution in [1.29, 1.82) is 0 Å². The van der Waals surface area contributed by atoms with E-state index in [9.17, 15) is 9.59 Å². The largest absolute Gasteiger partial charge is 0.480 e. The molecule has 1 aromatic carbocycles. The highest BCUT2D eigenvalue weighted by Crippen LogP contribution is 2.22. The maximum Gasteiger partial charge on any atom is 0.267 e. The van der Waals surface area contributed by atoms with Crippen LogP contribution < -0.4 is 10.3 Å². The summed E-state index contributed by atoms with van der Waals surface area (Å²) in [6.45, 7) is -0.200. The minimum Gasteiger partial charge on any atom is -0.480 e. The zero-order valence-electron chi connectivity index (χ0n) is 10.5. The molecular formula is C13H10Cl2N2O3. The number of carbonyl (C=O) groups excluding carboxylic acids is 1. The summed E-state index contributed by atoms with van der Waals surface area (Å²) in [5, 5.41) is 4.54. The first-order chi connectivity index (χ1) is 9.51. The van der Waals surface area contributed by atoms with Gasteiger partial charge in [0.25, 0.3) is 5.56 Å². The van der Waals surface area contributed by atoms with Crippen molar-refractivity contribution in [3.05, 3.63) is 56.3 Å². The predicted octanol–water partition coefficient (Wildman–Crippen LogP) is 2.44. The molecule has 0 fully saturated rings. The molecule has 5 nitrogen and oxygen atoms in total. The van der Waals surface area contributed by atoms with Gasteiger partial charge < -0.3 is 4.74 Å². The SMILES string of the molecule is COc1ccc(=O)n(CC(=O)c2ccc(Cl)c(Cl)c2)n1. The molecule has 1 heterocycles. The first-order valence-corrected chi connectivity index (χ1v) is 6.37. The summed E-state index contributed by atoms with van der Waals surface area (Å²) in [5.74, 6) is -0.0436. The third-order valence-corrected chi connectivity index (χ3v) is 3.33. The Morgan fingerprint density at radius 2 is 2.00 bits per heavy atom. The average molecular weight is 313 g/mol. The lowest BCUT2D eigenvalue weighted by Crippen LogP contribution is -2.26. The van der Waals surface area contributed by atoms with Crippen LogP contribution in [0.25, 0.3) is 0 Å². The third kappa shape index (κ3) is 3.18. The van der Waals surface area contributed by atoms with Gasteiger partial charge in [0.2, 0.25) is 5.88 Å². The summed E-state index contributed by atoms with van der Waals surface area (Å²) < 4.78 is 5.94. The van der Waals surface area contributed by atoms with Crippen molar-refractivity contribution in [2.75, 3.05) is 7.11 Å². The lowest BCUT2D eigenvalue weighted by Gasteiger charge is -2.06. The van der Waals surface area contributed by atoms with Gasteiger partial charge in [0, 0.05) is 17.7 Å². The Kier molecular flexibility index (Phi) is 4.42. The molecule has 0 unspecified atom stereocenters. The van der Waals surface area contributed by atoms with Crippen LogP contribution in [0.15, 0.2) is 35.1 Å². The van der Waals surface area contributed by atoms with Crippen LogP contribution >= 0.6 is 23.2 Å². The average Bonchev–Trinajstić information content (AvgIpc) is 2.44. The summed E-state index contributed by atoms with van der Waals surface area (Å²) in [6.07, 6.45) is 0. The smallest absolute Gasteiger partial charge is 0.267 e. The van der Waals surface area contributed by atoms with Crippen molar-refractivity contribution in [3.63, 3.8) is 0 Å². The Labute approximate surface area is 124 Å². The molecule has 0 radical (unpaired) electrons. The summed E-state index contributed by atoms with van der Waals surface area (Å²) in [6, 6.07) is 7.24. The van der Waals surface area contributed by atoms with E-state index < -0.39 is 0 Å². The first-order valence-electron chi connectivity index (χ1n) is 5.61. The molecule has 0 saturated heterocycles. The predicted molar refractivity (Wildman–Crippen MR) is 75.8 cm³/mol. The second-order valence-electron chi connectivity index (χ2n) is 3.92. The lowest BCUT2D eigenvalue weighted by molar-refractivity contribution is 0.0965. The Balaban J connectivity index is 2.27. The number of halogens is 2. The monoisotopic (exact) mass is 312 g/mol. The van der Waals surface area contributed by atoms with E-state index >= 15 is 0 Å². The first kappa shape index (κ1) is 14.6. The Bertz CT molecular complexity index is 713. The van der Waals surface area contributed by atoms with Gasteiger partial charge in [0.05, 0.1) is 17.2 Å². The summed E-state index contributed by atoms with van der Waals surface area (Å²) in [4.78, 5) is 23.7. The zero-order valence-corrected chi connectivity index (χ0v) is 12.0. The van der Waals surface area contributed by atoms with Crippen LogP contribution in [0.1, 0.15) is 10.4 Å². The van der Waals surface area contributed by atoms with E-state index in [-0.39, 0.29) is 28.8 Å². The molecule has 2 aromatic rings. The molecule has 0 atom stereocenters. The van der Waals surface area contributed by atoms with Crippen molar-refractivity contribution in [2.24, 2.45) is 0 Å². The summed E-state index contributed by atoms with van der Waals surface area (Å²) in [7, 11) is 1.43. The molecule has 0 bridgehead atoms. The molecule has 7 heteroatoms. The van der Waals surface area contributed by atoms with Gasteiger partial charge in [0.15, 0.2) is 5.78 Å². The molecule has 20 heavy (non-hydrogen) atoms. The van der Waals surface area contributed by atoms with Crippen molar-refractivity contribution in [3.8, 4) is 5.88 Å². The Hall–Kier alpha value is -1.85. The standard InChI is InChI=1S/C13H10Cl2N2O3/c1-20-12-4-5-13(19)17(16-12)7-11(18)8-2-3-9(14)10(15)6-8/h2-6H,7H2,1H3. The van der Waals surface area contributed by atoms with Crippen LogP contribution in [0.3, 0.4) is 0 Å². The molecule has 104 valence electrons. The van der Waals surface area contributed by atoms with E-state index in [1.54, 1.807) is 6.07 Å². The van der Waals surface area contributed by atoms with Gasteiger partial charge in [-0.1, -0.05) is 23.2 Å². The van der Waals surface area contributed by atoms with Gasteiger partial charge in [0.1, 0.15) is 6.54 Å². The van der Waals surface area contributed by atoms with Gasteiger partial charge >= 0.3 is 0 Å². The molecule has 0 N–H and O–H groups in total. The van der Waals surface area contributed by atoms with Crippen LogP contribution in [-0.4, -0.2) is 22.7 Å². The fourth-order valence-corrected chi connectivity index (χ4v) is 1.85. The quantitative estimate of drug-likeness (QED) is 0.814. The molecule has 0 saturated carbocycles. The molecule has 0 aliphatic carbocycles. The van der Waals surface area contributed by atoms with Crippen molar-refractivity contribution in [1.82, 2.24) is 9.78 Å². The van der Waals surface area contributed by atoms with E-state index in [0.717, 1.165) is 4.68 Å². The van der Waals surface area contributed by atoms with E-state index in [1.165, 1.54) is 31.4 Å². The van der Waals surface area contributed by atoms with E-state index in [0.29, 0.717) is 10.6 Å². The van der Waals surface area contributed by atoms with Crippen molar-refractivity contribution in [2.45, 2.75) is 6.54 Å². The van der Waals surface area contributed by atoms with Crippen LogP contribution in [0.4, 0.5) is 0 Å². The summed E-state index contributed by atoms with van der Waals surface area (Å²) in [5.41, 5.74) is -0.0323. The van der Waals surface area contributed by atoms with Crippen LogP contribution in [0, 0.1) is 0 Å². The second kappa shape index (κ2) is 6.07. The van der Waals surface area contributed by atoms with Gasteiger partial charge in [-0.25, -0.2) is 4.68 Å². The number of benzene rings is 1.